The number of oxazole rings is 1. The summed E-state index contributed by atoms with van der Waals surface area (Å²) in [5.74, 6) is 1.73. The van der Waals surface area contributed by atoms with Gasteiger partial charge in [0.1, 0.15) is 17.3 Å². The molecule has 3 rings (SSSR count). The standard InChI is InChI=1S/C19H21N5O4/c1-11-14(10-20-17-8-6-13(22-23-17)19(26)24(2)3)21-18(28-11)12-5-7-16(27-4)15(25)9-12/h5-9,25H,10H2,1-4H3,(H,20,23). The lowest BCUT2D eigenvalue weighted by molar-refractivity contribution is 0.0821. The van der Waals surface area contributed by atoms with Crippen LogP contribution in [0, 0.1) is 6.92 Å². The maximum atomic E-state index is 11.8. The minimum Gasteiger partial charge on any atom is -0.504 e. The van der Waals surface area contributed by atoms with Crippen LogP contribution in [0.25, 0.3) is 11.5 Å². The lowest BCUT2D eigenvalue weighted by atomic mass is 10.2. The number of carbonyl (C=O) groups excluding carboxylic acids is 1. The number of phenolic OH excluding ortho intramolecular Hbond substituents is 1. The van der Waals surface area contributed by atoms with Gasteiger partial charge in [-0.2, -0.15) is 0 Å². The molecule has 1 amide bonds. The van der Waals surface area contributed by atoms with Crippen LogP contribution in [0.2, 0.25) is 0 Å². The molecule has 0 aliphatic heterocycles. The van der Waals surface area contributed by atoms with Crippen molar-refractivity contribution in [3.05, 3.63) is 47.5 Å². The van der Waals surface area contributed by atoms with Gasteiger partial charge in [0.05, 0.1) is 13.7 Å². The molecule has 0 saturated carbocycles. The van der Waals surface area contributed by atoms with Crippen LogP contribution in [0.3, 0.4) is 0 Å². The van der Waals surface area contributed by atoms with Crippen LogP contribution in [0.1, 0.15) is 21.9 Å². The number of ether oxygens (including phenoxy) is 1. The molecule has 9 heteroatoms. The number of amides is 1. The summed E-state index contributed by atoms with van der Waals surface area (Å²) in [7, 11) is 4.80. The maximum Gasteiger partial charge on any atom is 0.273 e. The van der Waals surface area contributed by atoms with E-state index in [1.165, 1.54) is 18.1 Å². The molecule has 2 heterocycles. The molecule has 1 aromatic carbocycles. The zero-order valence-electron chi connectivity index (χ0n) is 16.1. The number of phenols is 1. The average Bonchev–Trinajstić information content (AvgIpc) is 3.06. The number of carbonyl (C=O) groups is 1. The highest BCUT2D eigenvalue weighted by Crippen LogP contribution is 2.31. The van der Waals surface area contributed by atoms with E-state index in [-0.39, 0.29) is 17.4 Å². The van der Waals surface area contributed by atoms with Gasteiger partial charge in [0.15, 0.2) is 17.2 Å². The third-order valence-electron chi connectivity index (χ3n) is 4.05. The Morgan fingerprint density at radius 1 is 1.25 bits per heavy atom. The zero-order valence-corrected chi connectivity index (χ0v) is 16.1. The molecule has 2 N–H and O–H groups in total. The molecule has 0 fully saturated rings. The third kappa shape index (κ3) is 4.03. The Balaban J connectivity index is 1.70. The van der Waals surface area contributed by atoms with Crippen LogP contribution in [0.15, 0.2) is 34.7 Å². The number of methoxy groups -OCH3 is 1. The predicted octanol–water partition coefficient (Wildman–Crippen LogP) is 2.47. The van der Waals surface area contributed by atoms with Gasteiger partial charge in [-0.25, -0.2) is 4.98 Å². The second-order valence-electron chi connectivity index (χ2n) is 6.27. The Kier molecular flexibility index (Phi) is 5.44. The van der Waals surface area contributed by atoms with E-state index in [0.717, 1.165) is 0 Å². The van der Waals surface area contributed by atoms with Gasteiger partial charge in [-0.1, -0.05) is 0 Å². The first-order valence-electron chi connectivity index (χ1n) is 8.52. The summed E-state index contributed by atoms with van der Waals surface area (Å²) in [4.78, 5) is 17.7. The number of hydrogen-bond donors (Lipinski definition) is 2. The first-order chi connectivity index (χ1) is 13.4. The molecule has 9 nitrogen and oxygen atoms in total. The fourth-order valence-corrected chi connectivity index (χ4v) is 2.48. The summed E-state index contributed by atoms with van der Waals surface area (Å²) in [5, 5.41) is 21.0. The lowest BCUT2D eigenvalue weighted by Crippen LogP contribution is -2.23. The number of anilines is 1. The zero-order chi connectivity index (χ0) is 20.3. The normalized spacial score (nSPS) is 10.6. The monoisotopic (exact) mass is 383 g/mol. The number of hydrogen-bond acceptors (Lipinski definition) is 8. The molecule has 146 valence electrons. The second kappa shape index (κ2) is 7.95. The van der Waals surface area contributed by atoms with Crippen LogP contribution < -0.4 is 10.1 Å². The Morgan fingerprint density at radius 3 is 2.64 bits per heavy atom. The van der Waals surface area contributed by atoms with Gasteiger partial charge in [-0.05, 0) is 37.3 Å². The Labute approximate surface area is 162 Å². The van der Waals surface area contributed by atoms with Crippen molar-refractivity contribution < 1.29 is 19.1 Å². The van der Waals surface area contributed by atoms with Gasteiger partial charge in [0.2, 0.25) is 5.89 Å². The predicted molar refractivity (Wildman–Crippen MR) is 102 cm³/mol. The van der Waals surface area contributed by atoms with Gasteiger partial charge in [0, 0.05) is 19.7 Å². The van der Waals surface area contributed by atoms with Crippen molar-refractivity contribution in [2.75, 3.05) is 26.5 Å². The van der Waals surface area contributed by atoms with Gasteiger partial charge in [-0.3, -0.25) is 4.79 Å². The van der Waals surface area contributed by atoms with E-state index in [4.69, 9.17) is 9.15 Å². The largest absolute Gasteiger partial charge is 0.504 e. The Hall–Kier alpha value is -3.62. The number of nitrogens with one attached hydrogen (secondary N) is 1. The van der Waals surface area contributed by atoms with Gasteiger partial charge in [0.25, 0.3) is 5.91 Å². The summed E-state index contributed by atoms with van der Waals surface area (Å²) in [6.45, 7) is 2.18. The molecule has 0 saturated heterocycles. The third-order valence-corrected chi connectivity index (χ3v) is 4.05. The summed E-state index contributed by atoms with van der Waals surface area (Å²) in [6, 6.07) is 8.23. The molecular weight excluding hydrogens is 362 g/mol. The summed E-state index contributed by atoms with van der Waals surface area (Å²) in [6.07, 6.45) is 0. The Bertz CT molecular complexity index is 982. The van der Waals surface area contributed by atoms with Crippen molar-refractivity contribution in [3.8, 4) is 23.0 Å². The molecule has 0 unspecified atom stereocenters. The molecule has 0 aliphatic carbocycles. The number of aromatic nitrogens is 3. The number of rotatable bonds is 6. The number of aromatic hydroxyl groups is 1. The van der Waals surface area contributed by atoms with Crippen LogP contribution in [-0.4, -0.2) is 52.3 Å². The molecule has 0 atom stereocenters. The van der Waals surface area contributed by atoms with Crippen molar-refractivity contribution in [1.82, 2.24) is 20.1 Å². The fraction of sp³-hybridized carbons (Fsp3) is 0.263. The molecule has 2 aromatic heterocycles. The molecule has 0 radical (unpaired) electrons. The van der Waals surface area contributed by atoms with Crippen molar-refractivity contribution in [3.63, 3.8) is 0 Å². The Morgan fingerprint density at radius 2 is 2.04 bits per heavy atom. The van der Waals surface area contributed by atoms with Crippen molar-refractivity contribution >= 4 is 11.7 Å². The van der Waals surface area contributed by atoms with Crippen LogP contribution in [-0.2, 0) is 6.54 Å². The summed E-state index contributed by atoms with van der Waals surface area (Å²) < 4.78 is 10.7. The molecule has 28 heavy (non-hydrogen) atoms. The highest BCUT2D eigenvalue weighted by molar-refractivity contribution is 5.91. The quantitative estimate of drug-likeness (QED) is 0.667. The van der Waals surface area contributed by atoms with E-state index >= 15 is 0 Å². The van der Waals surface area contributed by atoms with Crippen molar-refractivity contribution in [1.29, 1.82) is 0 Å². The van der Waals surface area contributed by atoms with Crippen LogP contribution in [0.4, 0.5) is 5.82 Å². The second-order valence-corrected chi connectivity index (χ2v) is 6.27. The number of benzene rings is 1. The van der Waals surface area contributed by atoms with E-state index < -0.39 is 0 Å². The van der Waals surface area contributed by atoms with E-state index in [0.29, 0.717) is 41.0 Å². The van der Waals surface area contributed by atoms with E-state index in [1.54, 1.807) is 45.3 Å². The van der Waals surface area contributed by atoms with Crippen LogP contribution in [0.5, 0.6) is 11.5 Å². The lowest BCUT2D eigenvalue weighted by Gasteiger charge is -2.09. The van der Waals surface area contributed by atoms with E-state index in [1.807, 2.05) is 0 Å². The summed E-state index contributed by atoms with van der Waals surface area (Å²) in [5.41, 5.74) is 1.61. The highest BCUT2D eigenvalue weighted by atomic mass is 16.5. The smallest absolute Gasteiger partial charge is 0.273 e. The topological polar surface area (TPSA) is 114 Å². The summed E-state index contributed by atoms with van der Waals surface area (Å²) >= 11 is 0. The molecule has 0 bridgehead atoms. The molecule has 0 spiro atoms. The van der Waals surface area contributed by atoms with Gasteiger partial charge >= 0.3 is 0 Å². The van der Waals surface area contributed by atoms with Gasteiger partial charge < -0.3 is 24.5 Å². The van der Waals surface area contributed by atoms with Crippen molar-refractivity contribution in [2.24, 2.45) is 0 Å². The van der Waals surface area contributed by atoms with E-state index in [2.05, 4.69) is 20.5 Å². The SMILES string of the molecule is COc1ccc(-c2nc(CNc3ccc(C(=O)N(C)C)nn3)c(C)o2)cc1O. The molecular formula is C19H21N5O4. The average molecular weight is 383 g/mol. The highest BCUT2D eigenvalue weighted by Gasteiger charge is 2.14. The van der Waals surface area contributed by atoms with Crippen molar-refractivity contribution in [2.45, 2.75) is 13.5 Å². The first kappa shape index (κ1) is 19.2. The number of aryl methyl sites for hydroxylation is 1. The fourth-order valence-electron chi connectivity index (χ4n) is 2.48. The minimum atomic E-state index is -0.209. The van der Waals surface area contributed by atoms with E-state index in [9.17, 15) is 9.90 Å². The number of nitrogens with zero attached hydrogens (tertiary/aromatic N) is 4. The van der Waals surface area contributed by atoms with Crippen LogP contribution >= 0.6 is 0 Å². The minimum absolute atomic E-state index is 0.0122. The van der Waals surface area contributed by atoms with Gasteiger partial charge in [-0.15, -0.1) is 10.2 Å². The first-order valence-corrected chi connectivity index (χ1v) is 8.52. The maximum absolute atomic E-state index is 11.8. The molecule has 3 aromatic rings. The molecule has 0 aliphatic rings.